The quantitative estimate of drug-likeness (QED) is 0.620. The number of benzene rings is 1. The topological polar surface area (TPSA) is 73.7 Å². The highest BCUT2D eigenvalue weighted by Gasteiger charge is 2.30. The molecule has 7 nitrogen and oxygen atoms in total. The molecule has 152 valence electrons. The first-order valence-corrected chi connectivity index (χ1v) is 10.4. The van der Waals surface area contributed by atoms with Gasteiger partial charge in [0.1, 0.15) is 4.83 Å². The van der Waals surface area contributed by atoms with E-state index in [2.05, 4.69) is 4.98 Å². The molecule has 0 saturated carbocycles. The van der Waals surface area contributed by atoms with E-state index in [0.29, 0.717) is 30.0 Å². The number of fused-ring (bicyclic) bond motifs is 1. The van der Waals surface area contributed by atoms with Crippen LogP contribution in [0.5, 0.6) is 11.5 Å². The van der Waals surface area contributed by atoms with Gasteiger partial charge in [0.15, 0.2) is 11.5 Å². The maximum atomic E-state index is 12.9. The number of carbonyl (C=O) groups is 1. The molecule has 8 heteroatoms. The van der Waals surface area contributed by atoms with Crippen LogP contribution in [-0.2, 0) is 11.3 Å². The minimum atomic E-state index is -0.0955. The van der Waals surface area contributed by atoms with Crippen molar-refractivity contribution in [1.29, 1.82) is 0 Å². The number of likely N-dealkylation sites (tertiary alicyclic amines) is 1. The zero-order valence-corrected chi connectivity index (χ0v) is 17.3. The summed E-state index contributed by atoms with van der Waals surface area (Å²) in [6, 6.07) is 7.58. The zero-order chi connectivity index (χ0) is 20.4. The molecular formula is C21H23N3O4S. The van der Waals surface area contributed by atoms with Crippen LogP contribution in [0.15, 0.2) is 40.8 Å². The van der Waals surface area contributed by atoms with Gasteiger partial charge in [0.2, 0.25) is 5.91 Å². The summed E-state index contributed by atoms with van der Waals surface area (Å²) in [6.45, 7) is 1.04. The van der Waals surface area contributed by atoms with Crippen molar-refractivity contribution >= 4 is 27.5 Å². The number of rotatable bonds is 6. The summed E-state index contributed by atoms with van der Waals surface area (Å²) < 4.78 is 12.2. The van der Waals surface area contributed by atoms with Crippen LogP contribution in [0.25, 0.3) is 10.2 Å². The molecule has 29 heavy (non-hydrogen) atoms. The number of aryl methyl sites for hydroxylation is 1. The predicted octanol–water partition coefficient (Wildman–Crippen LogP) is 3.23. The van der Waals surface area contributed by atoms with Gasteiger partial charge in [-0.1, -0.05) is 6.07 Å². The minimum absolute atomic E-state index is 0.0107. The summed E-state index contributed by atoms with van der Waals surface area (Å²) in [6.07, 6.45) is 3.65. The Kier molecular flexibility index (Phi) is 5.53. The third-order valence-electron chi connectivity index (χ3n) is 5.38. The number of amides is 1. The first-order valence-electron chi connectivity index (χ1n) is 9.56. The smallest absolute Gasteiger partial charge is 0.262 e. The molecule has 1 atom stereocenters. The second-order valence-electron chi connectivity index (χ2n) is 6.99. The number of nitrogens with zero attached hydrogens (tertiary/aromatic N) is 3. The molecule has 3 heterocycles. The van der Waals surface area contributed by atoms with Gasteiger partial charge in [0.05, 0.1) is 32.0 Å². The normalized spacial score (nSPS) is 16.3. The second kappa shape index (κ2) is 8.24. The Bertz CT molecular complexity index is 1090. The Labute approximate surface area is 172 Å². The Morgan fingerprint density at radius 1 is 1.24 bits per heavy atom. The average molecular weight is 413 g/mol. The summed E-state index contributed by atoms with van der Waals surface area (Å²) in [4.78, 5) is 32.4. The summed E-state index contributed by atoms with van der Waals surface area (Å²) in [5.41, 5.74) is 0.939. The number of ether oxygens (including phenoxy) is 2. The molecule has 0 spiro atoms. The fraction of sp³-hybridized carbons (Fsp3) is 0.381. The summed E-state index contributed by atoms with van der Waals surface area (Å²) in [7, 11) is 3.21. The molecule has 3 aromatic rings. The highest BCUT2D eigenvalue weighted by atomic mass is 32.1. The average Bonchev–Trinajstić information content (AvgIpc) is 3.42. The third-order valence-corrected chi connectivity index (χ3v) is 6.20. The van der Waals surface area contributed by atoms with E-state index >= 15 is 0 Å². The van der Waals surface area contributed by atoms with Crippen molar-refractivity contribution in [3.05, 3.63) is 51.9 Å². The van der Waals surface area contributed by atoms with Gasteiger partial charge in [0.25, 0.3) is 5.56 Å². The molecule has 0 radical (unpaired) electrons. The van der Waals surface area contributed by atoms with E-state index in [1.807, 2.05) is 28.5 Å². The number of thiophene rings is 1. The highest BCUT2D eigenvalue weighted by Crippen LogP contribution is 2.37. The molecule has 1 fully saturated rings. The van der Waals surface area contributed by atoms with Crippen molar-refractivity contribution in [3.8, 4) is 11.5 Å². The number of hydrogen-bond acceptors (Lipinski definition) is 6. The van der Waals surface area contributed by atoms with E-state index in [4.69, 9.17) is 9.47 Å². The van der Waals surface area contributed by atoms with Gasteiger partial charge in [-0.15, -0.1) is 11.3 Å². The van der Waals surface area contributed by atoms with Gasteiger partial charge in [-0.3, -0.25) is 14.2 Å². The lowest BCUT2D eigenvalue weighted by Crippen LogP contribution is -2.32. The Morgan fingerprint density at radius 2 is 2.07 bits per heavy atom. The first kappa shape index (κ1) is 19.4. The fourth-order valence-electron chi connectivity index (χ4n) is 3.88. The Balaban J connectivity index is 1.49. The van der Waals surface area contributed by atoms with Crippen molar-refractivity contribution in [3.63, 3.8) is 0 Å². The van der Waals surface area contributed by atoms with E-state index < -0.39 is 0 Å². The van der Waals surface area contributed by atoms with Gasteiger partial charge in [-0.05, 0) is 42.0 Å². The maximum Gasteiger partial charge on any atom is 0.262 e. The first-order chi connectivity index (χ1) is 14.1. The van der Waals surface area contributed by atoms with Gasteiger partial charge in [-0.25, -0.2) is 4.98 Å². The molecule has 4 rings (SSSR count). The monoisotopic (exact) mass is 413 g/mol. The molecule has 1 aliphatic rings. The Morgan fingerprint density at radius 3 is 2.86 bits per heavy atom. The Hall–Kier alpha value is -2.87. The molecule has 1 aliphatic heterocycles. The molecule has 0 N–H and O–H groups in total. The second-order valence-corrected chi connectivity index (χ2v) is 7.89. The van der Waals surface area contributed by atoms with Crippen molar-refractivity contribution < 1.29 is 14.3 Å². The van der Waals surface area contributed by atoms with Crippen molar-refractivity contribution in [1.82, 2.24) is 14.5 Å². The summed E-state index contributed by atoms with van der Waals surface area (Å²) in [5, 5.41) is 2.46. The number of hydrogen-bond donors (Lipinski definition) is 0. The van der Waals surface area contributed by atoms with E-state index in [-0.39, 0.29) is 23.9 Å². The van der Waals surface area contributed by atoms with Crippen molar-refractivity contribution in [2.45, 2.75) is 31.8 Å². The molecule has 1 aromatic carbocycles. The van der Waals surface area contributed by atoms with Crippen molar-refractivity contribution in [2.24, 2.45) is 0 Å². The standard InChI is InChI=1S/C21H23N3O4S/c1-27-17-6-5-14(12-18(17)28-2)16-4-3-9-24(16)19(25)7-10-23-13-22-20-15(21(23)26)8-11-29-20/h5-6,8,11-13,16H,3-4,7,9-10H2,1-2H3/t16-/m0/s1. The number of methoxy groups -OCH3 is 2. The van der Waals surface area contributed by atoms with Crippen LogP contribution in [-0.4, -0.2) is 41.1 Å². The van der Waals surface area contributed by atoms with Crippen LogP contribution in [0.3, 0.4) is 0 Å². The summed E-state index contributed by atoms with van der Waals surface area (Å²) >= 11 is 1.44. The maximum absolute atomic E-state index is 12.9. The predicted molar refractivity (Wildman–Crippen MR) is 112 cm³/mol. The van der Waals surface area contributed by atoms with Gasteiger partial charge in [0, 0.05) is 19.5 Å². The lowest BCUT2D eigenvalue weighted by Gasteiger charge is -2.26. The van der Waals surface area contributed by atoms with E-state index in [9.17, 15) is 9.59 Å². The highest BCUT2D eigenvalue weighted by molar-refractivity contribution is 7.16. The zero-order valence-electron chi connectivity index (χ0n) is 16.5. The van der Waals surface area contributed by atoms with E-state index in [1.165, 1.54) is 22.2 Å². The van der Waals surface area contributed by atoms with Gasteiger partial charge < -0.3 is 14.4 Å². The minimum Gasteiger partial charge on any atom is -0.493 e. The molecule has 0 bridgehead atoms. The molecule has 1 saturated heterocycles. The SMILES string of the molecule is COc1ccc([C@@H]2CCCN2C(=O)CCn2cnc3sccc3c2=O)cc1OC. The number of aromatic nitrogens is 2. The summed E-state index contributed by atoms with van der Waals surface area (Å²) in [5.74, 6) is 1.37. The largest absolute Gasteiger partial charge is 0.493 e. The van der Waals surface area contributed by atoms with Crippen LogP contribution >= 0.6 is 11.3 Å². The van der Waals surface area contributed by atoms with Gasteiger partial charge >= 0.3 is 0 Å². The third kappa shape index (κ3) is 3.72. The van der Waals surface area contributed by atoms with Crippen LogP contribution in [0, 0.1) is 0 Å². The van der Waals surface area contributed by atoms with E-state index in [0.717, 1.165) is 23.2 Å². The number of carbonyl (C=O) groups excluding carboxylic acids is 1. The fourth-order valence-corrected chi connectivity index (χ4v) is 4.61. The molecule has 0 unspecified atom stereocenters. The van der Waals surface area contributed by atoms with E-state index in [1.54, 1.807) is 20.3 Å². The van der Waals surface area contributed by atoms with Gasteiger partial charge in [-0.2, -0.15) is 0 Å². The molecule has 0 aliphatic carbocycles. The van der Waals surface area contributed by atoms with Crippen LogP contribution < -0.4 is 15.0 Å². The van der Waals surface area contributed by atoms with Crippen LogP contribution in [0.1, 0.15) is 30.9 Å². The molecular weight excluding hydrogens is 390 g/mol. The van der Waals surface area contributed by atoms with Crippen LogP contribution in [0.4, 0.5) is 0 Å². The molecule has 2 aromatic heterocycles. The lowest BCUT2D eigenvalue weighted by atomic mass is 10.0. The lowest BCUT2D eigenvalue weighted by molar-refractivity contribution is -0.132. The molecule has 1 amide bonds. The van der Waals surface area contributed by atoms with Crippen LogP contribution in [0.2, 0.25) is 0 Å². The van der Waals surface area contributed by atoms with Crippen molar-refractivity contribution in [2.75, 3.05) is 20.8 Å².